The number of methoxy groups -OCH3 is 1. The fraction of sp³-hybridized carbons (Fsp3) is 0.222. The number of hydrogen-bond donors (Lipinski definition) is 0. The third-order valence-corrected chi connectivity index (χ3v) is 3.88. The fourth-order valence-electron chi connectivity index (χ4n) is 2.80. The van der Waals surface area contributed by atoms with Crippen LogP contribution in [0.3, 0.4) is 0 Å². The van der Waals surface area contributed by atoms with Gasteiger partial charge < -0.3 is 14.2 Å². The van der Waals surface area contributed by atoms with Gasteiger partial charge in [-0.25, -0.2) is 4.98 Å². The van der Waals surface area contributed by atoms with Crippen LogP contribution in [0.1, 0.15) is 5.56 Å². The highest BCUT2D eigenvalue weighted by Crippen LogP contribution is 2.41. The van der Waals surface area contributed by atoms with Gasteiger partial charge in [0.05, 0.1) is 24.6 Å². The Morgan fingerprint density at radius 1 is 1.08 bits per heavy atom. The first kappa shape index (κ1) is 14.6. The Hall–Kier alpha value is -3.02. The molecule has 0 amide bonds. The van der Waals surface area contributed by atoms with Crippen molar-refractivity contribution in [3.05, 3.63) is 48.5 Å². The number of imidazole rings is 1. The first-order valence-electron chi connectivity index (χ1n) is 7.69. The van der Waals surface area contributed by atoms with Gasteiger partial charge in [0.15, 0.2) is 11.5 Å². The topological polar surface area (TPSA) is 58.4 Å². The Morgan fingerprint density at radius 2 is 1.88 bits per heavy atom. The van der Waals surface area contributed by atoms with Gasteiger partial charge in [0.25, 0.3) is 0 Å². The average molecular weight is 323 g/mol. The molecule has 1 aliphatic rings. The van der Waals surface area contributed by atoms with E-state index in [0.29, 0.717) is 30.5 Å². The molecule has 3 heterocycles. The lowest BCUT2D eigenvalue weighted by Gasteiger charge is -2.21. The van der Waals surface area contributed by atoms with Crippen molar-refractivity contribution < 1.29 is 14.2 Å². The molecule has 6 heteroatoms. The van der Waals surface area contributed by atoms with E-state index in [0.717, 1.165) is 22.6 Å². The summed E-state index contributed by atoms with van der Waals surface area (Å²) in [5.41, 5.74) is 2.87. The van der Waals surface area contributed by atoms with Gasteiger partial charge in [0, 0.05) is 24.7 Å². The molecule has 24 heavy (non-hydrogen) atoms. The molecule has 3 aromatic rings. The summed E-state index contributed by atoms with van der Waals surface area (Å²) in [6.07, 6.45) is 7.30. The zero-order chi connectivity index (χ0) is 16.5. The van der Waals surface area contributed by atoms with E-state index < -0.39 is 0 Å². The molecule has 0 atom stereocenters. The van der Waals surface area contributed by atoms with Gasteiger partial charge in [0.1, 0.15) is 24.8 Å². The number of fused-ring (bicyclic) bond motifs is 1. The minimum Gasteiger partial charge on any atom is -0.496 e. The van der Waals surface area contributed by atoms with Gasteiger partial charge in [0.2, 0.25) is 0 Å². The van der Waals surface area contributed by atoms with E-state index in [9.17, 15) is 0 Å². The third-order valence-electron chi connectivity index (χ3n) is 3.88. The van der Waals surface area contributed by atoms with Crippen LogP contribution in [0.5, 0.6) is 17.2 Å². The Morgan fingerprint density at radius 3 is 2.62 bits per heavy atom. The van der Waals surface area contributed by atoms with E-state index in [1.807, 2.05) is 42.2 Å². The predicted molar refractivity (Wildman–Crippen MR) is 89.1 cm³/mol. The number of aryl methyl sites for hydroxylation is 1. The van der Waals surface area contributed by atoms with Crippen molar-refractivity contribution in [1.29, 1.82) is 0 Å². The van der Waals surface area contributed by atoms with E-state index in [1.54, 1.807) is 13.3 Å². The van der Waals surface area contributed by atoms with E-state index >= 15 is 0 Å². The molecule has 0 saturated heterocycles. The number of benzene rings is 1. The van der Waals surface area contributed by atoms with Crippen molar-refractivity contribution in [3.63, 3.8) is 0 Å². The largest absolute Gasteiger partial charge is 0.496 e. The highest BCUT2D eigenvalue weighted by molar-refractivity contribution is 5.71. The summed E-state index contributed by atoms with van der Waals surface area (Å²) in [6.45, 7) is 3.09. The average Bonchev–Trinajstić information content (AvgIpc) is 3.10. The van der Waals surface area contributed by atoms with Gasteiger partial charge >= 0.3 is 0 Å². The summed E-state index contributed by atoms with van der Waals surface area (Å²) in [5.74, 6) is 2.84. The van der Waals surface area contributed by atoms with Crippen LogP contribution < -0.4 is 14.2 Å². The predicted octanol–water partition coefficient (Wildman–Crippen LogP) is 3.02. The summed E-state index contributed by atoms with van der Waals surface area (Å²) in [5, 5.41) is 0. The highest BCUT2D eigenvalue weighted by atomic mass is 16.6. The van der Waals surface area contributed by atoms with Gasteiger partial charge in [-0.15, -0.1) is 0 Å². The number of pyridine rings is 1. The third kappa shape index (κ3) is 2.46. The zero-order valence-electron chi connectivity index (χ0n) is 13.5. The summed E-state index contributed by atoms with van der Waals surface area (Å²) >= 11 is 0. The molecular weight excluding hydrogens is 306 g/mol. The number of rotatable bonds is 3. The SMILES string of the molecule is COc1cc2c(cc1-c1nccn1-c1cncc(C)c1)OCCO2. The maximum atomic E-state index is 5.70. The molecule has 2 aromatic heterocycles. The van der Waals surface area contributed by atoms with Gasteiger partial charge in [-0.2, -0.15) is 0 Å². The van der Waals surface area contributed by atoms with Crippen molar-refractivity contribution in [3.8, 4) is 34.3 Å². The molecule has 0 saturated carbocycles. The molecule has 0 unspecified atom stereocenters. The minimum absolute atomic E-state index is 0.537. The van der Waals surface area contributed by atoms with Crippen LogP contribution in [-0.2, 0) is 0 Å². The molecule has 1 aliphatic heterocycles. The molecule has 1 aromatic carbocycles. The number of hydrogen-bond acceptors (Lipinski definition) is 5. The van der Waals surface area contributed by atoms with Gasteiger partial charge in [-0.1, -0.05) is 0 Å². The van der Waals surface area contributed by atoms with Crippen LogP contribution in [-0.4, -0.2) is 34.9 Å². The van der Waals surface area contributed by atoms with E-state index in [-0.39, 0.29) is 0 Å². The smallest absolute Gasteiger partial charge is 0.165 e. The molecule has 0 fully saturated rings. The second-order valence-corrected chi connectivity index (χ2v) is 5.54. The molecule has 122 valence electrons. The molecular formula is C18H17N3O3. The first-order chi connectivity index (χ1) is 11.8. The van der Waals surface area contributed by atoms with Crippen molar-refractivity contribution >= 4 is 0 Å². The Balaban J connectivity index is 1.87. The zero-order valence-corrected chi connectivity index (χ0v) is 13.5. The minimum atomic E-state index is 0.537. The summed E-state index contributed by atoms with van der Waals surface area (Å²) in [4.78, 5) is 8.77. The Bertz CT molecular complexity index is 889. The summed E-state index contributed by atoms with van der Waals surface area (Å²) < 4.78 is 18.8. The van der Waals surface area contributed by atoms with E-state index in [1.165, 1.54) is 0 Å². The van der Waals surface area contributed by atoms with Crippen LogP contribution in [0.25, 0.3) is 17.1 Å². The maximum Gasteiger partial charge on any atom is 0.165 e. The van der Waals surface area contributed by atoms with Crippen LogP contribution in [0.2, 0.25) is 0 Å². The summed E-state index contributed by atoms with van der Waals surface area (Å²) in [6, 6.07) is 5.81. The first-order valence-corrected chi connectivity index (χ1v) is 7.69. The van der Waals surface area contributed by atoms with E-state index in [2.05, 4.69) is 16.0 Å². The van der Waals surface area contributed by atoms with Crippen molar-refractivity contribution in [1.82, 2.24) is 14.5 Å². The second-order valence-electron chi connectivity index (χ2n) is 5.54. The van der Waals surface area contributed by atoms with Gasteiger partial charge in [-0.3, -0.25) is 9.55 Å². The fourth-order valence-corrected chi connectivity index (χ4v) is 2.80. The molecule has 0 aliphatic carbocycles. The van der Waals surface area contributed by atoms with Crippen molar-refractivity contribution in [2.75, 3.05) is 20.3 Å². The molecule has 6 nitrogen and oxygen atoms in total. The Labute approximate surface area is 139 Å². The molecule has 0 radical (unpaired) electrons. The van der Waals surface area contributed by atoms with Crippen LogP contribution in [0.4, 0.5) is 0 Å². The van der Waals surface area contributed by atoms with E-state index in [4.69, 9.17) is 14.2 Å². The summed E-state index contributed by atoms with van der Waals surface area (Å²) in [7, 11) is 1.64. The van der Waals surface area contributed by atoms with Gasteiger partial charge in [-0.05, 0) is 24.6 Å². The Kier molecular flexibility index (Phi) is 3.57. The lowest BCUT2D eigenvalue weighted by Crippen LogP contribution is -2.15. The number of aromatic nitrogens is 3. The maximum absolute atomic E-state index is 5.70. The normalized spacial score (nSPS) is 12.9. The van der Waals surface area contributed by atoms with Crippen LogP contribution in [0, 0.1) is 6.92 Å². The van der Waals surface area contributed by atoms with Crippen molar-refractivity contribution in [2.45, 2.75) is 6.92 Å². The van der Waals surface area contributed by atoms with Crippen LogP contribution >= 0.6 is 0 Å². The second kappa shape index (κ2) is 5.88. The van der Waals surface area contributed by atoms with Crippen molar-refractivity contribution in [2.24, 2.45) is 0 Å². The number of nitrogens with zero attached hydrogens (tertiary/aromatic N) is 3. The highest BCUT2D eigenvalue weighted by Gasteiger charge is 2.20. The lowest BCUT2D eigenvalue weighted by atomic mass is 10.1. The molecule has 0 N–H and O–H groups in total. The lowest BCUT2D eigenvalue weighted by molar-refractivity contribution is 0.171. The standard InChI is InChI=1S/C18H17N3O3/c1-12-7-13(11-19-10-12)21-4-3-20-18(21)14-8-16-17(9-15(14)22-2)24-6-5-23-16/h3-4,7-11H,5-6H2,1-2H3. The quantitative estimate of drug-likeness (QED) is 0.741. The molecule has 4 rings (SSSR count). The number of ether oxygens (including phenoxy) is 3. The van der Waals surface area contributed by atoms with Crippen LogP contribution in [0.15, 0.2) is 43.0 Å². The molecule has 0 bridgehead atoms. The molecule has 0 spiro atoms. The monoisotopic (exact) mass is 323 g/mol.